The highest BCUT2D eigenvalue weighted by Crippen LogP contribution is 2.13. The Morgan fingerprint density at radius 3 is 2.70 bits per heavy atom. The molecule has 0 fully saturated rings. The standard InChI is InChI=1S/C16H29N3O/c1-6-20-10-9-19(5)16-8-7-15(14(4)18-16)12-17-11-13(2)3/h7-8,13,17H,6,9-12H2,1-5H3. The van der Waals surface area contributed by atoms with Crippen LogP contribution in [0, 0.1) is 12.8 Å². The number of hydrogen-bond donors (Lipinski definition) is 1. The Bertz CT molecular complexity index is 393. The van der Waals surface area contributed by atoms with Crippen molar-refractivity contribution in [2.75, 3.05) is 38.3 Å². The van der Waals surface area contributed by atoms with Gasteiger partial charge in [0.2, 0.25) is 0 Å². The molecule has 0 unspecified atom stereocenters. The summed E-state index contributed by atoms with van der Waals surface area (Å²) in [5.74, 6) is 1.68. The molecule has 0 aliphatic heterocycles. The number of hydrogen-bond acceptors (Lipinski definition) is 4. The molecule has 114 valence electrons. The molecule has 1 aromatic rings. The van der Waals surface area contributed by atoms with Crippen molar-refractivity contribution in [3.05, 3.63) is 23.4 Å². The SMILES string of the molecule is CCOCCN(C)c1ccc(CNCC(C)C)c(C)n1. The van der Waals surface area contributed by atoms with Gasteiger partial charge in [-0.15, -0.1) is 0 Å². The third-order valence-corrected chi connectivity index (χ3v) is 3.21. The second-order valence-corrected chi connectivity index (χ2v) is 5.56. The van der Waals surface area contributed by atoms with Gasteiger partial charge in [-0.3, -0.25) is 0 Å². The first-order chi connectivity index (χ1) is 9.54. The molecule has 1 rings (SSSR count). The number of rotatable bonds is 9. The van der Waals surface area contributed by atoms with E-state index in [1.807, 2.05) is 6.92 Å². The Balaban J connectivity index is 2.53. The topological polar surface area (TPSA) is 37.4 Å². The predicted octanol–water partition coefficient (Wildman–Crippen LogP) is 2.61. The molecule has 20 heavy (non-hydrogen) atoms. The number of nitrogens with one attached hydrogen (secondary N) is 1. The molecule has 4 nitrogen and oxygen atoms in total. The summed E-state index contributed by atoms with van der Waals surface area (Å²) in [5.41, 5.74) is 2.37. The molecule has 1 aromatic heterocycles. The number of aromatic nitrogens is 1. The van der Waals surface area contributed by atoms with Gasteiger partial charge in [0.05, 0.1) is 6.61 Å². The lowest BCUT2D eigenvalue weighted by Gasteiger charge is -2.19. The third-order valence-electron chi connectivity index (χ3n) is 3.21. The first kappa shape index (κ1) is 16.9. The predicted molar refractivity (Wildman–Crippen MR) is 85.3 cm³/mol. The van der Waals surface area contributed by atoms with E-state index in [1.54, 1.807) is 0 Å². The van der Waals surface area contributed by atoms with Crippen LogP contribution in [0.4, 0.5) is 5.82 Å². The average Bonchev–Trinajstić information content (AvgIpc) is 2.40. The molecule has 1 heterocycles. The van der Waals surface area contributed by atoms with Gasteiger partial charge in [-0.05, 0) is 37.9 Å². The molecule has 0 amide bonds. The van der Waals surface area contributed by atoms with Crippen LogP contribution in [0.5, 0.6) is 0 Å². The molecule has 0 aliphatic carbocycles. The van der Waals surface area contributed by atoms with E-state index in [0.717, 1.165) is 44.4 Å². The Hall–Kier alpha value is -1.13. The van der Waals surface area contributed by atoms with E-state index in [1.165, 1.54) is 5.56 Å². The van der Waals surface area contributed by atoms with Gasteiger partial charge in [-0.2, -0.15) is 0 Å². The average molecular weight is 279 g/mol. The van der Waals surface area contributed by atoms with Crippen LogP contribution in [0.25, 0.3) is 0 Å². The van der Waals surface area contributed by atoms with Crippen LogP contribution in [0.1, 0.15) is 32.0 Å². The smallest absolute Gasteiger partial charge is 0.128 e. The fraction of sp³-hybridized carbons (Fsp3) is 0.688. The molecule has 0 bridgehead atoms. The molecule has 1 N–H and O–H groups in total. The minimum absolute atomic E-state index is 0.673. The monoisotopic (exact) mass is 279 g/mol. The summed E-state index contributed by atoms with van der Waals surface area (Å²) in [6, 6.07) is 4.26. The van der Waals surface area contributed by atoms with E-state index < -0.39 is 0 Å². The van der Waals surface area contributed by atoms with E-state index in [2.05, 4.69) is 55.2 Å². The largest absolute Gasteiger partial charge is 0.380 e. The second-order valence-electron chi connectivity index (χ2n) is 5.56. The van der Waals surface area contributed by atoms with Gasteiger partial charge in [0.1, 0.15) is 5.82 Å². The van der Waals surface area contributed by atoms with Gasteiger partial charge in [0.15, 0.2) is 0 Å². The first-order valence-corrected chi connectivity index (χ1v) is 7.50. The van der Waals surface area contributed by atoms with Crippen molar-refractivity contribution >= 4 is 5.82 Å². The minimum atomic E-state index is 0.673. The third kappa shape index (κ3) is 5.88. The van der Waals surface area contributed by atoms with Crippen molar-refractivity contribution in [3.63, 3.8) is 0 Å². The fourth-order valence-corrected chi connectivity index (χ4v) is 1.93. The zero-order valence-electron chi connectivity index (χ0n) is 13.6. The Morgan fingerprint density at radius 2 is 2.10 bits per heavy atom. The Labute approximate surface area is 123 Å². The maximum atomic E-state index is 5.38. The van der Waals surface area contributed by atoms with Crippen LogP contribution in [0.3, 0.4) is 0 Å². The van der Waals surface area contributed by atoms with E-state index >= 15 is 0 Å². The van der Waals surface area contributed by atoms with Crippen molar-refractivity contribution in [3.8, 4) is 0 Å². The number of anilines is 1. The Kier molecular flexibility index (Phi) is 7.55. The maximum absolute atomic E-state index is 5.38. The zero-order valence-corrected chi connectivity index (χ0v) is 13.6. The highest BCUT2D eigenvalue weighted by Gasteiger charge is 2.06. The normalized spacial score (nSPS) is 11.1. The van der Waals surface area contributed by atoms with Gasteiger partial charge >= 0.3 is 0 Å². The highest BCUT2D eigenvalue weighted by atomic mass is 16.5. The van der Waals surface area contributed by atoms with Crippen molar-refractivity contribution in [1.29, 1.82) is 0 Å². The molecule has 0 spiro atoms. The molecule has 0 radical (unpaired) electrons. The summed E-state index contributed by atoms with van der Waals surface area (Å²) in [4.78, 5) is 6.81. The van der Waals surface area contributed by atoms with Crippen molar-refractivity contribution < 1.29 is 4.74 Å². The molecule has 0 saturated heterocycles. The number of ether oxygens (including phenoxy) is 1. The van der Waals surface area contributed by atoms with Crippen molar-refractivity contribution in [1.82, 2.24) is 10.3 Å². The summed E-state index contributed by atoms with van der Waals surface area (Å²) in [6.45, 7) is 12.8. The lowest BCUT2D eigenvalue weighted by atomic mass is 10.2. The van der Waals surface area contributed by atoms with Gasteiger partial charge in [0, 0.05) is 32.4 Å². The fourth-order valence-electron chi connectivity index (χ4n) is 1.93. The number of nitrogens with zero attached hydrogens (tertiary/aromatic N) is 2. The number of aryl methyl sites for hydroxylation is 1. The van der Waals surface area contributed by atoms with E-state index in [9.17, 15) is 0 Å². The lowest BCUT2D eigenvalue weighted by Crippen LogP contribution is -2.24. The van der Waals surface area contributed by atoms with Crippen LogP contribution >= 0.6 is 0 Å². The molecular weight excluding hydrogens is 250 g/mol. The molecule has 0 aliphatic rings. The van der Waals surface area contributed by atoms with Gasteiger partial charge in [0.25, 0.3) is 0 Å². The van der Waals surface area contributed by atoms with Crippen molar-refractivity contribution in [2.24, 2.45) is 5.92 Å². The molecule has 4 heteroatoms. The van der Waals surface area contributed by atoms with Crippen LogP contribution in [0.15, 0.2) is 12.1 Å². The van der Waals surface area contributed by atoms with E-state index in [-0.39, 0.29) is 0 Å². The quantitative estimate of drug-likeness (QED) is 0.705. The molecular formula is C16H29N3O. The molecule has 0 atom stereocenters. The molecule has 0 aromatic carbocycles. The first-order valence-electron chi connectivity index (χ1n) is 7.50. The van der Waals surface area contributed by atoms with E-state index in [4.69, 9.17) is 4.74 Å². The van der Waals surface area contributed by atoms with Crippen LogP contribution in [0.2, 0.25) is 0 Å². The lowest BCUT2D eigenvalue weighted by molar-refractivity contribution is 0.154. The summed E-state index contributed by atoms with van der Waals surface area (Å²) in [7, 11) is 2.05. The molecule has 0 saturated carbocycles. The summed E-state index contributed by atoms with van der Waals surface area (Å²) in [6.07, 6.45) is 0. The maximum Gasteiger partial charge on any atom is 0.128 e. The van der Waals surface area contributed by atoms with Crippen LogP contribution in [-0.4, -0.2) is 38.3 Å². The second kappa shape index (κ2) is 8.93. The van der Waals surface area contributed by atoms with Gasteiger partial charge in [-0.25, -0.2) is 4.98 Å². The van der Waals surface area contributed by atoms with E-state index in [0.29, 0.717) is 5.92 Å². The minimum Gasteiger partial charge on any atom is -0.380 e. The van der Waals surface area contributed by atoms with Gasteiger partial charge in [-0.1, -0.05) is 19.9 Å². The Morgan fingerprint density at radius 1 is 1.35 bits per heavy atom. The van der Waals surface area contributed by atoms with Crippen LogP contribution in [-0.2, 0) is 11.3 Å². The summed E-state index contributed by atoms with van der Waals surface area (Å²) >= 11 is 0. The van der Waals surface area contributed by atoms with Gasteiger partial charge < -0.3 is 15.0 Å². The number of pyridine rings is 1. The van der Waals surface area contributed by atoms with Crippen LogP contribution < -0.4 is 10.2 Å². The number of likely N-dealkylation sites (N-methyl/N-ethyl adjacent to an activating group) is 1. The van der Waals surface area contributed by atoms with Crippen molar-refractivity contribution in [2.45, 2.75) is 34.2 Å². The zero-order chi connectivity index (χ0) is 15.0. The summed E-state index contributed by atoms with van der Waals surface area (Å²) < 4.78 is 5.38. The highest BCUT2D eigenvalue weighted by molar-refractivity contribution is 5.40. The summed E-state index contributed by atoms with van der Waals surface area (Å²) in [5, 5.41) is 3.46.